The Morgan fingerprint density at radius 2 is 1.76 bits per heavy atom. The van der Waals surface area contributed by atoms with Gasteiger partial charge in [-0.3, -0.25) is 10.1 Å². The molecule has 1 aliphatic carbocycles. The largest absolute Gasteiger partial charge is 0.355 e. The fourth-order valence-electron chi connectivity index (χ4n) is 4.10. The van der Waals surface area contributed by atoms with Gasteiger partial charge in [-0.05, 0) is 60.2 Å². The molecule has 0 radical (unpaired) electrons. The third kappa shape index (κ3) is 3.85. The molecule has 0 saturated heterocycles. The van der Waals surface area contributed by atoms with Crippen molar-refractivity contribution in [2.75, 3.05) is 6.54 Å². The molecule has 4 nitrogen and oxygen atoms in total. The summed E-state index contributed by atoms with van der Waals surface area (Å²) in [5.74, 6) is -0.433. The van der Waals surface area contributed by atoms with Crippen molar-refractivity contribution in [2.45, 2.75) is 32.6 Å². The minimum absolute atomic E-state index is 0.209. The number of aryl methyl sites for hydroxylation is 2. The Morgan fingerprint density at radius 1 is 1.07 bits per heavy atom. The number of H-pyrrole nitrogens is 1. The molecule has 1 aromatic heterocycles. The molecule has 1 unspecified atom stereocenters. The molecule has 148 valence electrons. The summed E-state index contributed by atoms with van der Waals surface area (Å²) in [5.41, 5.74) is 5.93. The van der Waals surface area contributed by atoms with E-state index in [-0.39, 0.29) is 11.5 Å². The van der Waals surface area contributed by atoms with Gasteiger partial charge in [0, 0.05) is 15.3 Å². The molecule has 3 aromatic rings. The smallest absolute Gasteiger partial charge is 0.214 e. The van der Waals surface area contributed by atoms with Crippen LogP contribution in [0.25, 0.3) is 23.4 Å². The second-order valence-corrected chi connectivity index (χ2v) is 8.09. The highest BCUT2D eigenvalue weighted by atomic mass is 35.5. The molecule has 0 bridgehead atoms. The van der Waals surface area contributed by atoms with E-state index in [2.05, 4.69) is 41.4 Å². The summed E-state index contributed by atoms with van der Waals surface area (Å²) < 4.78 is 0. The third-order valence-corrected chi connectivity index (χ3v) is 5.85. The molecule has 0 saturated carbocycles. The molecule has 0 amide bonds. The van der Waals surface area contributed by atoms with Gasteiger partial charge in [-0.25, -0.2) is 0 Å². The Hall–Kier alpha value is -2.85. The maximum Gasteiger partial charge on any atom is 0.214 e. The molecule has 0 spiro atoms. The van der Waals surface area contributed by atoms with Crippen LogP contribution in [-0.2, 0) is 0 Å². The number of fused-ring (bicyclic) bond motifs is 1. The lowest BCUT2D eigenvalue weighted by Gasteiger charge is -2.17. The number of aromatic nitrogens is 1. The van der Waals surface area contributed by atoms with Gasteiger partial charge < -0.3 is 4.98 Å². The number of nitrogens with one attached hydrogen (secondary N) is 1. The van der Waals surface area contributed by atoms with Crippen LogP contribution in [0.5, 0.6) is 0 Å². The number of benzene rings is 2. The van der Waals surface area contributed by atoms with Gasteiger partial charge in [-0.15, -0.1) is 0 Å². The van der Waals surface area contributed by atoms with E-state index in [4.69, 9.17) is 11.6 Å². The Labute approximate surface area is 174 Å². The molecule has 1 heterocycles. The lowest BCUT2D eigenvalue weighted by molar-refractivity contribution is -0.481. The fourth-order valence-corrected chi connectivity index (χ4v) is 4.47. The summed E-state index contributed by atoms with van der Waals surface area (Å²) in [5, 5.41) is 14.3. The molecule has 0 fully saturated rings. The predicted molar refractivity (Wildman–Crippen MR) is 118 cm³/mol. The minimum Gasteiger partial charge on any atom is -0.355 e. The molecule has 1 aliphatic rings. The molecule has 29 heavy (non-hydrogen) atoms. The Kier molecular flexibility index (Phi) is 5.29. The normalized spacial score (nSPS) is 13.9. The third-order valence-electron chi connectivity index (χ3n) is 5.52. The summed E-state index contributed by atoms with van der Waals surface area (Å²) in [6, 6.07) is 14.0. The van der Waals surface area contributed by atoms with Crippen molar-refractivity contribution in [2.24, 2.45) is 0 Å². The van der Waals surface area contributed by atoms with Crippen molar-refractivity contribution < 1.29 is 4.92 Å². The number of hydrogen-bond acceptors (Lipinski definition) is 2. The quantitative estimate of drug-likeness (QED) is 0.492. The lowest BCUT2D eigenvalue weighted by atomic mass is 9.87. The van der Waals surface area contributed by atoms with Crippen molar-refractivity contribution in [1.29, 1.82) is 0 Å². The van der Waals surface area contributed by atoms with Gasteiger partial charge in [0.25, 0.3) is 0 Å². The highest BCUT2D eigenvalue weighted by Crippen LogP contribution is 2.34. The summed E-state index contributed by atoms with van der Waals surface area (Å²) in [4.78, 5) is 14.9. The van der Waals surface area contributed by atoms with E-state index in [1.165, 1.54) is 5.56 Å². The number of rotatable bonds is 5. The van der Waals surface area contributed by atoms with E-state index in [0.29, 0.717) is 5.02 Å². The molecule has 1 atom stereocenters. The maximum atomic E-state index is 11.7. The molecule has 5 heteroatoms. The highest BCUT2D eigenvalue weighted by Gasteiger charge is 2.28. The van der Waals surface area contributed by atoms with Gasteiger partial charge in [0.15, 0.2) is 0 Å². The van der Waals surface area contributed by atoms with Gasteiger partial charge in [-0.2, -0.15) is 0 Å². The van der Waals surface area contributed by atoms with E-state index in [0.717, 1.165) is 51.4 Å². The van der Waals surface area contributed by atoms with Crippen LogP contribution in [0.3, 0.4) is 0 Å². The zero-order chi connectivity index (χ0) is 20.5. The summed E-state index contributed by atoms with van der Waals surface area (Å²) in [7, 11) is 0. The Bertz CT molecular complexity index is 1190. The van der Waals surface area contributed by atoms with Gasteiger partial charge >= 0.3 is 0 Å². The van der Waals surface area contributed by atoms with Crippen molar-refractivity contribution in [3.63, 3.8) is 0 Å². The van der Waals surface area contributed by atoms with Crippen molar-refractivity contribution in [3.05, 3.63) is 90.4 Å². The van der Waals surface area contributed by atoms with Crippen LogP contribution in [0.2, 0.25) is 5.02 Å². The van der Waals surface area contributed by atoms with Gasteiger partial charge in [0.05, 0.1) is 11.6 Å². The first-order chi connectivity index (χ1) is 13.9. The SMILES string of the molecule is Cc1ccc(-c2[nH]c3c(c2C(C[N+](=O)[O-])c2ccc(C)cc2Cl)=CCCC=3)cc1. The van der Waals surface area contributed by atoms with Crippen molar-refractivity contribution in [1.82, 2.24) is 4.98 Å². The summed E-state index contributed by atoms with van der Waals surface area (Å²) >= 11 is 6.58. The van der Waals surface area contributed by atoms with Crippen LogP contribution < -0.4 is 10.6 Å². The summed E-state index contributed by atoms with van der Waals surface area (Å²) in [6.45, 7) is 3.81. The van der Waals surface area contributed by atoms with E-state index in [1.807, 2.05) is 32.0 Å². The van der Waals surface area contributed by atoms with E-state index in [9.17, 15) is 10.1 Å². The van der Waals surface area contributed by atoms with Crippen molar-refractivity contribution in [3.8, 4) is 11.3 Å². The van der Waals surface area contributed by atoms with Crippen LogP contribution in [0, 0.1) is 24.0 Å². The van der Waals surface area contributed by atoms with E-state index in [1.54, 1.807) is 0 Å². The molecular formula is C24H23ClN2O2. The monoisotopic (exact) mass is 406 g/mol. The number of nitro groups is 1. The highest BCUT2D eigenvalue weighted by molar-refractivity contribution is 6.31. The number of aromatic amines is 1. The predicted octanol–water partition coefficient (Wildman–Crippen LogP) is 4.72. The molecule has 1 N–H and O–H groups in total. The second-order valence-electron chi connectivity index (χ2n) is 7.69. The first-order valence-corrected chi connectivity index (χ1v) is 10.2. The van der Waals surface area contributed by atoms with Crippen LogP contribution in [-0.4, -0.2) is 16.5 Å². The Morgan fingerprint density at radius 3 is 2.45 bits per heavy atom. The first-order valence-electron chi connectivity index (χ1n) is 9.81. The number of halogens is 1. The fraction of sp³-hybridized carbons (Fsp3) is 0.250. The molecule has 0 aliphatic heterocycles. The molecule has 4 rings (SSSR count). The zero-order valence-corrected chi connectivity index (χ0v) is 17.3. The first kappa shape index (κ1) is 19.5. The van der Waals surface area contributed by atoms with Crippen LogP contribution in [0.4, 0.5) is 0 Å². The van der Waals surface area contributed by atoms with Gasteiger partial charge in [-0.1, -0.05) is 65.7 Å². The second kappa shape index (κ2) is 7.88. The van der Waals surface area contributed by atoms with Crippen LogP contribution in [0.1, 0.15) is 41.0 Å². The molecular weight excluding hydrogens is 384 g/mol. The Balaban J connectivity index is 2.00. The topological polar surface area (TPSA) is 58.9 Å². The van der Waals surface area contributed by atoms with E-state index >= 15 is 0 Å². The maximum absolute atomic E-state index is 11.7. The average Bonchev–Trinajstić information content (AvgIpc) is 3.06. The van der Waals surface area contributed by atoms with Gasteiger partial charge in [0.1, 0.15) is 0 Å². The minimum atomic E-state index is -0.433. The zero-order valence-electron chi connectivity index (χ0n) is 16.5. The summed E-state index contributed by atoms with van der Waals surface area (Å²) in [6.07, 6.45) is 6.26. The average molecular weight is 407 g/mol. The van der Waals surface area contributed by atoms with Crippen LogP contribution >= 0.6 is 11.6 Å². The van der Waals surface area contributed by atoms with Crippen LogP contribution in [0.15, 0.2) is 42.5 Å². The lowest BCUT2D eigenvalue weighted by Crippen LogP contribution is -2.30. The van der Waals surface area contributed by atoms with E-state index < -0.39 is 5.92 Å². The van der Waals surface area contributed by atoms with Gasteiger partial charge in [0.2, 0.25) is 6.54 Å². The van der Waals surface area contributed by atoms with Crippen molar-refractivity contribution >= 4 is 23.8 Å². The number of hydrogen-bond donors (Lipinski definition) is 1. The number of nitrogens with zero attached hydrogens (tertiary/aromatic N) is 1. The molecule has 2 aromatic carbocycles. The standard InChI is InChI=1S/C24H23ClN2O2/c1-15-7-10-17(11-8-15)24-23(19-5-3-4-6-22(19)26-24)20(14-27(28)29)18-12-9-16(2)13-21(18)25/h5-13,20,26H,3-4,14H2,1-2H3.